The minimum absolute atomic E-state index is 0.0276. The van der Waals surface area contributed by atoms with Crippen LogP contribution in [0.4, 0.5) is 4.39 Å². The minimum atomic E-state index is -3.84. The summed E-state index contributed by atoms with van der Waals surface area (Å²) in [4.78, 5) is 12.6. The predicted octanol–water partition coefficient (Wildman–Crippen LogP) is 3.90. The number of carbonyl (C=O) groups excluding carboxylic acids is 1. The first-order valence-corrected chi connectivity index (χ1v) is 11.6. The Balaban J connectivity index is 1.68. The van der Waals surface area contributed by atoms with Gasteiger partial charge < -0.3 is 14.8 Å². The third-order valence-corrected chi connectivity index (χ3v) is 6.39. The van der Waals surface area contributed by atoms with E-state index in [9.17, 15) is 17.6 Å². The molecule has 7 nitrogen and oxygen atoms in total. The lowest BCUT2D eigenvalue weighted by molar-refractivity contribution is 0.0950. The summed E-state index contributed by atoms with van der Waals surface area (Å²) in [7, 11) is -0.963. The number of rotatable bonds is 9. The fourth-order valence-corrected chi connectivity index (χ4v) is 4.44. The van der Waals surface area contributed by atoms with Gasteiger partial charge in [0.15, 0.2) is 11.5 Å². The van der Waals surface area contributed by atoms with Crippen molar-refractivity contribution in [3.05, 3.63) is 88.2 Å². The van der Waals surface area contributed by atoms with Crippen LogP contribution in [0.25, 0.3) is 0 Å². The number of sulfonamides is 1. The summed E-state index contributed by atoms with van der Waals surface area (Å²) in [6, 6.07) is 14.8. The Hall–Kier alpha value is -3.14. The summed E-state index contributed by atoms with van der Waals surface area (Å²) in [5, 5.41) is 2.94. The second-order valence-electron chi connectivity index (χ2n) is 6.98. The molecule has 0 heterocycles. The monoisotopic (exact) mass is 492 g/mol. The van der Waals surface area contributed by atoms with E-state index in [-0.39, 0.29) is 28.6 Å². The van der Waals surface area contributed by atoms with E-state index in [0.29, 0.717) is 22.6 Å². The molecule has 0 fully saturated rings. The van der Waals surface area contributed by atoms with Gasteiger partial charge in [0.1, 0.15) is 5.82 Å². The van der Waals surface area contributed by atoms with Gasteiger partial charge in [0.25, 0.3) is 5.91 Å². The first kappa shape index (κ1) is 24.5. The molecule has 2 N–H and O–H groups in total. The Morgan fingerprint density at radius 2 is 1.67 bits per heavy atom. The van der Waals surface area contributed by atoms with Crippen LogP contribution >= 0.6 is 11.6 Å². The number of hydrogen-bond acceptors (Lipinski definition) is 5. The normalized spacial score (nSPS) is 11.2. The van der Waals surface area contributed by atoms with E-state index in [2.05, 4.69) is 10.0 Å². The van der Waals surface area contributed by atoms with Crippen LogP contribution in [0, 0.1) is 5.82 Å². The van der Waals surface area contributed by atoms with Crippen molar-refractivity contribution in [2.45, 2.75) is 18.0 Å². The van der Waals surface area contributed by atoms with Crippen molar-refractivity contribution in [1.29, 1.82) is 0 Å². The van der Waals surface area contributed by atoms with E-state index < -0.39 is 21.7 Å². The number of carbonyl (C=O) groups is 1. The molecule has 0 aliphatic carbocycles. The van der Waals surface area contributed by atoms with Crippen LogP contribution in [0.15, 0.2) is 65.6 Å². The van der Waals surface area contributed by atoms with Gasteiger partial charge in [-0.3, -0.25) is 4.79 Å². The highest BCUT2D eigenvalue weighted by Crippen LogP contribution is 2.36. The van der Waals surface area contributed by atoms with Gasteiger partial charge in [0.05, 0.1) is 24.1 Å². The second-order valence-corrected chi connectivity index (χ2v) is 9.15. The number of hydrogen-bond donors (Lipinski definition) is 2. The number of benzene rings is 3. The van der Waals surface area contributed by atoms with E-state index in [4.69, 9.17) is 21.1 Å². The van der Waals surface area contributed by atoms with Crippen LogP contribution in [0.1, 0.15) is 21.5 Å². The number of amides is 1. The zero-order valence-corrected chi connectivity index (χ0v) is 19.5. The maximum Gasteiger partial charge on any atom is 0.251 e. The first-order valence-electron chi connectivity index (χ1n) is 9.76. The molecule has 0 unspecified atom stereocenters. The second kappa shape index (κ2) is 10.7. The smallest absolute Gasteiger partial charge is 0.251 e. The van der Waals surface area contributed by atoms with Gasteiger partial charge in [-0.05, 0) is 47.5 Å². The Kier molecular flexibility index (Phi) is 7.91. The molecule has 33 heavy (non-hydrogen) atoms. The Morgan fingerprint density at radius 3 is 2.33 bits per heavy atom. The van der Waals surface area contributed by atoms with E-state index >= 15 is 0 Å². The largest absolute Gasteiger partial charge is 0.493 e. The molecule has 174 valence electrons. The topological polar surface area (TPSA) is 93.7 Å². The zero-order chi connectivity index (χ0) is 24.0. The van der Waals surface area contributed by atoms with Crippen molar-refractivity contribution >= 4 is 27.5 Å². The number of halogens is 2. The third kappa shape index (κ3) is 6.22. The summed E-state index contributed by atoms with van der Waals surface area (Å²) in [5.41, 5.74) is 1.33. The first-order chi connectivity index (χ1) is 15.7. The third-order valence-electron chi connectivity index (χ3n) is 4.71. The molecule has 3 aromatic carbocycles. The fraction of sp³-hybridized carbons (Fsp3) is 0.174. The van der Waals surface area contributed by atoms with E-state index in [1.54, 1.807) is 18.2 Å². The highest BCUT2D eigenvalue weighted by molar-refractivity contribution is 7.89. The molecular formula is C23H22ClFN2O5S. The van der Waals surface area contributed by atoms with Crippen LogP contribution in [0.2, 0.25) is 5.02 Å². The highest BCUT2D eigenvalue weighted by atomic mass is 35.5. The van der Waals surface area contributed by atoms with Crippen molar-refractivity contribution in [1.82, 2.24) is 10.0 Å². The van der Waals surface area contributed by atoms with Crippen molar-refractivity contribution < 1.29 is 27.1 Å². The van der Waals surface area contributed by atoms with Gasteiger partial charge in [0.2, 0.25) is 10.0 Å². The molecule has 0 aromatic heterocycles. The average molecular weight is 493 g/mol. The molecule has 0 atom stereocenters. The summed E-state index contributed by atoms with van der Waals surface area (Å²) < 4.78 is 51.4. The quantitative estimate of drug-likeness (QED) is 0.472. The van der Waals surface area contributed by atoms with Gasteiger partial charge in [-0.15, -0.1) is 0 Å². The number of nitrogens with one attached hydrogen (secondary N) is 2. The predicted molar refractivity (Wildman–Crippen MR) is 123 cm³/mol. The molecule has 0 saturated heterocycles. The van der Waals surface area contributed by atoms with Crippen LogP contribution in [0.5, 0.6) is 11.5 Å². The lowest BCUT2D eigenvalue weighted by Crippen LogP contribution is -2.25. The van der Waals surface area contributed by atoms with E-state index in [1.807, 2.05) is 0 Å². The fourth-order valence-electron chi connectivity index (χ4n) is 3.06. The van der Waals surface area contributed by atoms with E-state index in [1.165, 1.54) is 56.7 Å². The van der Waals surface area contributed by atoms with Crippen molar-refractivity contribution in [3.63, 3.8) is 0 Å². The van der Waals surface area contributed by atoms with Crippen LogP contribution in [-0.4, -0.2) is 28.5 Å². The molecule has 0 spiro atoms. The zero-order valence-electron chi connectivity index (χ0n) is 17.9. The maximum atomic E-state index is 13.3. The highest BCUT2D eigenvalue weighted by Gasteiger charge is 2.17. The maximum absolute atomic E-state index is 13.3. The molecule has 10 heteroatoms. The van der Waals surface area contributed by atoms with Gasteiger partial charge in [-0.25, -0.2) is 17.5 Å². The molecule has 0 saturated carbocycles. The Bertz CT molecular complexity index is 1270. The molecule has 1 amide bonds. The van der Waals surface area contributed by atoms with Crippen molar-refractivity contribution in [2.75, 3.05) is 14.2 Å². The van der Waals surface area contributed by atoms with Gasteiger partial charge >= 0.3 is 0 Å². The minimum Gasteiger partial charge on any atom is -0.493 e. The van der Waals surface area contributed by atoms with Gasteiger partial charge in [0, 0.05) is 18.7 Å². The lowest BCUT2D eigenvalue weighted by Gasteiger charge is -2.12. The summed E-state index contributed by atoms with van der Waals surface area (Å²) in [6.45, 7) is 0.0270. The molecule has 3 aromatic rings. The molecule has 3 rings (SSSR count). The van der Waals surface area contributed by atoms with Crippen molar-refractivity contribution in [2.24, 2.45) is 0 Å². The van der Waals surface area contributed by atoms with Crippen molar-refractivity contribution in [3.8, 4) is 11.5 Å². The van der Waals surface area contributed by atoms with Gasteiger partial charge in [-0.1, -0.05) is 35.9 Å². The van der Waals surface area contributed by atoms with Gasteiger partial charge in [-0.2, -0.15) is 0 Å². The SMILES string of the molecule is COc1cc(C(=O)NCc2cccc(S(=O)(=O)NCc3cccc(F)c3)c2)cc(Cl)c1OC. The van der Waals surface area contributed by atoms with Crippen LogP contribution in [0.3, 0.4) is 0 Å². The molecule has 0 bridgehead atoms. The number of ether oxygens (including phenoxy) is 2. The van der Waals surface area contributed by atoms with Crippen LogP contribution in [-0.2, 0) is 23.1 Å². The standard InChI is InChI=1S/C23H22ClFN2O5S/c1-31-21-12-17(11-20(24)22(21)32-2)23(28)26-13-16-6-4-8-19(10-16)33(29,30)27-14-15-5-3-7-18(25)9-15/h3-12,27H,13-14H2,1-2H3,(H,26,28). The van der Waals surface area contributed by atoms with Crippen LogP contribution < -0.4 is 19.5 Å². The summed E-state index contributed by atoms with van der Waals surface area (Å²) in [6.07, 6.45) is 0. The summed E-state index contributed by atoms with van der Waals surface area (Å²) in [5.74, 6) is -0.234. The molecule has 0 aliphatic rings. The Morgan fingerprint density at radius 1 is 0.970 bits per heavy atom. The average Bonchev–Trinajstić information content (AvgIpc) is 2.81. The molecule has 0 aliphatic heterocycles. The van der Waals surface area contributed by atoms with E-state index in [0.717, 1.165) is 0 Å². The molecular weight excluding hydrogens is 471 g/mol. The Labute approximate surface area is 196 Å². The lowest BCUT2D eigenvalue weighted by atomic mass is 10.1. The summed E-state index contributed by atoms with van der Waals surface area (Å²) >= 11 is 6.15. The number of methoxy groups -OCH3 is 2. The molecule has 0 radical (unpaired) electrons.